The number of amides is 1. The molecule has 2 aromatic carbocycles. The van der Waals surface area contributed by atoms with Crippen molar-refractivity contribution in [1.82, 2.24) is 5.43 Å². The molecule has 1 N–H and O–H groups in total. The Morgan fingerprint density at radius 1 is 0.789 bits per heavy atom. The number of nitrogens with zero attached hydrogens (tertiary/aromatic N) is 1. The van der Waals surface area contributed by atoms with Crippen LogP contribution in [0.4, 0.5) is 0 Å². The second-order valence-electron chi connectivity index (χ2n) is 9.95. The molecule has 0 unspecified atom stereocenters. The highest BCUT2D eigenvalue weighted by molar-refractivity contribution is 5.91. The van der Waals surface area contributed by atoms with Gasteiger partial charge in [-0.25, -0.2) is 10.2 Å². The Balaban J connectivity index is 1.60. The molecule has 0 aliphatic carbocycles. The summed E-state index contributed by atoms with van der Waals surface area (Å²) in [6.45, 7) is 4.22. The number of hydrogen-bond donors (Lipinski definition) is 1. The molecule has 208 valence electrons. The number of carbonyl (C=O) groups is 2. The Hall–Kier alpha value is -3.15. The van der Waals surface area contributed by atoms with Crippen molar-refractivity contribution in [3.05, 3.63) is 59.2 Å². The molecule has 2 rings (SSSR count). The lowest BCUT2D eigenvalue weighted by atomic mass is 10.0. The third kappa shape index (κ3) is 12.9. The van der Waals surface area contributed by atoms with E-state index in [0.29, 0.717) is 23.5 Å². The van der Waals surface area contributed by atoms with Crippen LogP contribution in [0.2, 0.25) is 0 Å². The molecule has 0 aliphatic rings. The van der Waals surface area contributed by atoms with E-state index in [1.165, 1.54) is 77.7 Å². The summed E-state index contributed by atoms with van der Waals surface area (Å²) < 4.78 is 10.9. The average molecular weight is 523 g/mol. The molecular weight excluding hydrogens is 476 g/mol. The molecule has 38 heavy (non-hydrogen) atoms. The normalized spacial score (nSPS) is 11.0. The summed E-state index contributed by atoms with van der Waals surface area (Å²) in [7, 11) is 1.51. The summed E-state index contributed by atoms with van der Waals surface area (Å²) in [5.74, 6) is 0.194. The maximum Gasteiger partial charge on any atom is 0.343 e. The Kier molecular flexibility index (Phi) is 15.5. The number of rotatable bonds is 19. The van der Waals surface area contributed by atoms with Gasteiger partial charge in [0.1, 0.15) is 0 Å². The molecular formula is C32H46N2O4. The molecule has 6 nitrogen and oxygen atoms in total. The highest BCUT2D eigenvalue weighted by atomic mass is 16.6. The van der Waals surface area contributed by atoms with Gasteiger partial charge in [0.25, 0.3) is 0 Å². The summed E-state index contributed by atoms with van der Waals surface area (Å²) in [5, 5.41) is 4.06. The lowest BCUT2D eigenvalue weighted by Crippen LogP contribution is -2.16. The van der Waals surface area contributed by atoms with E-state index in [-0.39, 0.29) is 5.91 Å². The molecule has 0 aromatic heterocycles. The van der Waals surface area contributed by atoms with E-state index in [0.717, 1.165) is 24.0 Å². The SMILES string of the molecule is CCCCCCCCCCCCCCCC(=O)N/N=C\c1ccc(OC(=O)c2ccc(C)cc2)c(OC)c1. The maximum absolute atomic E-state index is 12.4. The van der Waals surface area contributed by atoms with E-state index in [2.05, 4.69) is 17.5 Å². The lowest BCUT2D eigenvalue weighted by molar-refractivity contribution is -0.121. The van der Waals surface area contributed by atoms with Gasteiger partial charge in [0, 0.05) is 6.42 Å². The first-order valence-electron chi connectivity index (χ1n) is 14.3. The van der Waals surface area contributed by atoms with Crippen molar-refractivity contribution in [2.24, 2.45) is 5.10 Å². The molecule has 0 saturated heterocycles. The Morgan fingerprint density at radius 2 is 1.37 bits per heavy atom. The summed E-state index contributed by atoms with van der Waals surface area (Å²) in [6.07, 6.45) is 18.7. The van der Waals surface area contributed by atoms with Gasteiger partial charge in [-0.1, -0.05) is 102 Å². The quantitative estimate of drug-likeness (QED) is 0.0664. The van der Waals surface area contributed by atoms with Crippen LogP contribution >= 0.6 is 0 Å². The van der Waals surface area contributed by atoms with Crippen molar-refractivity contribution in [2.45, 2.75) is 104 Å². The fraction of sp³-hybridized carbons (Fsp3) is 0.531. The molecule has 0 spiro atoms. The zero-order chi connectivity index (χ0) is 27.4. The van der Waals surface area contributed by atoms with Crippen molar-refractivity contribution < 1.29 is 19.1 Å². The second-order valence-corrected chi connectivity index (χ2v) is 9.95. The fourth-order valence-corrected chi connectivity index (χ4v) is 4.24. The minimum absolute atomic E-state index is 0.0834. The number of carbonyl (C=O) groups excluding carboxylic acids is 2. The Morgan fingerprint density at radius 3 is 1.95 bits per heavy atom. The number of hydrogen-bond acceptors (Lipinski definition) is 5. The number of esters is 1. The standard InChI is InChI=1S/C32H46N2O4/c1-4-5-6-7-8-9-10-11-12-13-14-15-16-17-31(35)34-33-25-27-20-23-29(30(24-27)37-3)38-32(36)28-21-18-26(2)19-22-28/h18-25H,4-17H2,1-3H3,(H,34,35)/b33-25-. The van der Waals surface area contributed by atoms with E-state index in [1.807, 2.05) is 19.1 Å². The van der Waals surface area contributed by atoms with Crippen LogP contribution in [0.15, 0.2) is 47.6 Å². The van der Waals surface area contributed by atoms with Gasteiger partial charge >= 0.3 is 5.97 Å². The van der Waals surface area contributed by atoms with Crippen LogP contribution in [0, 0.1) is 6.92 Å². The van der Waals surface area contributed by atoms with E-state index in [4.69, 9.17) is 9.47 Å². The first kappa shape index (κ1) is 31.1. The molecule has 0 heterocycles. The summed E-state index contributed by atoms with van der Waals surface area (Å²) in [4.78, 5) is 24.5. The van der Waals surface area contributed by atoms with Crippen LogP contribution in [0.25, 0.3) is 0 Å². The van der Waals surface area contributed by atoms with Gasteiger partial charge in [-0.05, 0) is 49.2 Å². The van der Waals surface area contributed by atoms with Crippen LogP contribution in [-0.2, 0) is 4.79 Å². The number of methoxy groups -OCH3 is 1. The fourth-order valence-electron chi connectivity index (χ4n) is 4.24. The van der Waals surface area contributed by atoms with Crippen LogP contribution < -0.4 is 14.9 Å². The first-order chi connectivity index (χ1) is 18.5. The number of ether oxygens (including phenoxy) is 2. The molecule has 0 saturated carbocycles. The molecule has 0 atom stereocenters. The van der Waals surface area contributed by atoms with E-state index in [1.54, 1.807) is 36.5 Å². The number of benzene rings is 2. The van der Waals surface area contributed by atoms with Crippen LogP contribution in [-0.4, -0.2) is 25.2 Å². The predicted octanol–water partition coefficient (Wildman–Crippen LogP) is 8.15. The number of aryl methyl sites for hydroxylation is 1. The number of nitrogens with one attached hydrogen (secondary N) is 1. The predicted molar refractivity (Wildman–Crippen MR) is 155 cm³/mol. The van der Waals surface area contributed by atoms with Crippen molar-refractivity contribution in [3.8, 4) is 11.5 Å². The van der Waals surface area contributed by atoms with Gasteiger partial charge in [0.2, 0.25) is 5.91 Å². The van der Waals surface area contributed by atoms with Gasteiger partial charge in [0.15, 0.2) is 11.5 Å². The second kappa shape index (κ2) is 19.0. The highest BCUT2D eigenvalue weighted by Crippen LogP contribution is 2.28. The van der Waals surface area contributed by atoms with Crippen molar-refractivity contribution in [1.29, 1.82) is 0 Å². The highest BCUT2D eigenvalue weighted by Gasteiger charge is 2.12. The molecule has 2 aromatic rings. The molecule has 0 aliphatic heterocycles. The maximum atomic E-state index is 12.4. The zero-order valence-electron chi connectivity index (χ0n) is 23.6. The van der Waals surface area contributed by atoms with Crippen LogP contribution in [0.5, 0.6) is 11.5 Å². The van der Waals surface area contributed by atoms with Gasteiger partial charge < -0.3 is 9.47 Å². The number of hydrazone groups is 1. The van der Waals surface area contributed by atoms with E-state index in [9.17, 15) is 9.59 Å². The molecule has 0 bridgehead atoms. The zero-order valence-corrected chi connectivity index (χ0v) is 23.6. The Labute approximate surface area is 229 Å². The summed E-state index contributed by atoms with van der Waals surface area (Å²) in [6, 6.07) is 12.3. The van der Waals surface area contributed by atoms with Gasteiger partial charge in [0.05, 0.1) is 18.9 Å². The van der Waals surface area contributed by atoms with Crippen LogP contribution in [0.1, 0.15) is 118 Å². The molecule has 0 fully saturated rings. The topological polar surface area (TPSA) is 77.0 Å². The first-order valence-corrected chi connectivity index (χ1v) is 14.3. The van der Waals surface area contributed by atoms with Crippen LogP contribution in [0.3, 0.4) is 0 Å². The van der Waals surface area contributed by atoms with Crippen molar-refractivity contribution >= 4 is 18.1 Å². The number of unbranched alkanes of at least 4 members (excludes halogenated alkanes) is 12. The monoisotopic (exact) mass is 522 g/mol. The van der Waals surface area contributed by atoms with Crippen molar-refractivity contribution in [3.63, 3.8) is 0 Å². The van der Waals surface area contributed by atoms with Crippen molar-refractivity contribution in [2.75, 3.05) is 7.11 Å². The van der Waals surface area contributed by atoms with Gasteiger partial charge in [-0.2, -0.15) is 5.10 Å². The largest absolute Gasteiger partial charge is 0.493 e. The lowest BCUT2D eigenvalue weighted by Gasteiger charge is -2.10. The summed E-state index contributed by atoms with van der Waals surface area (Å²) in [5.41, 5.74) is 4.85. The third-order valence-electron chi connectivity index (χ3n) is 6.59. The van der Waals surface area contributed by atoms with E-state index >= 15 is 0 Å². The van der Waals surface area contributed by atoms with Gasteiger partial charge in [-0.3, -0.25) is 4.79 Å². The average Bonchev–Trinajstić information content (AvgIpc) is 2.92. The summed E-state index contributed by atoms with van der Waals surface area (Å²) >= 11 is 0. The molecule has 1 amide bonds. The van der Waals surface area contributed by atoms with Gasteiger partial charge in [-0.15, -0.1) is 0 Å². The molecule has 0 radical (unpaired) electrons. The third-order valence-corrected chi connectivity index (χ3v) is 6.59. The smallest absolute Gasteiger partial charge is 0.343 e. The Bertz CT molecular complexity index is 985. The molecule has 6 heteroatoms. The minimum atomic E-state index is -0.454. The minimum Gasteiger partial charge on any atom is -0.493 e. The van der Waals surface area contributed by atoms with E-state index < -0.39 is 5.97 Å².